The minimum Gasteiger partial charge on any atom is -0.326 e. The minimum absolute atomic E-state index is 0.0502. The number of nitrogens with one attached hydrogen (secondary N) is 1. The Hall–Kier alpha value is -2.62. The maximum Gasteiger partial charge on any atom is 0.256 e. The molecule has 24 heavy (non-hydrogen) atoms. The molecule has 2 aliphatic rings. The van der Waals surface area contributed by atoms with E-state index in [9.17, 15) is 9.59 Å². The summed E-state index contributed by atoms with van der Waals surface area (Å²) >= 11 is 0. The number of hydrogen-bond donors (Lipinski definition) is 1. The van der Waals surface area contributed by atoms with Crippen molar-refractivity contribution >= 4 is 17.5 Å². The van der Waals surface area contributed by atoms with Crippen LogP contribution >= 0.6 is 0 Å². The summed E-state index contributed by atoms with van der Waals surface area (Å²) in [6, 6.07) is 17.1. The molecule has 0 aliphatic carbocycles. The van der Waals surface area contributed by atoms with Gasteiger partial charge in [0.2, 0.25) is 5.91 Å². The molecule has 3 atom stereocenters. The summed E-state index contributed by atoms with van der Waals surface area (Å²) in [6.45, 7) is 2.69. The third-order valence-electron chi connectivity index (χ3n) is 5.30. The van der Waals surface area contributed by atoms with Gasteiger partial charge in [-0.2, -0.15) is 0 Å². The van der Waals surface area contributed by atoms with Crippen LogP contribution in [0, 0.1) is 5.92 Å². The van der Waals surface area contributed by atoms with Crippen molar-refractivity contribution in [3.63, 3.8) is 0 Å². The van der Waals surface area contributed by atoms with Crippen molar-refractivity contribution in [3.05, 3.63) is 65.7 Å². The summed E-state index contributed by atoms with van der Waals surface area (Å²) in [4.78, 5) is 27.7. The number of carbonyl (C=O) groups is 2. The zero-order valence-electron chi connectivity index (χ0n) is 13.6. The van der Waals surface area contributed by atoms with Gasteiger partial charge in [0, 0.05) is 12.5 Å². The molecule has 2 aliphatic heterocycles. The Kier molecular flexibility index (Phi) is 3.60. The van der Waals surface area contributed by atoms with E-state index in [1.165, 1.54) is 5.56 Å². The molecule has 2 heterocycles. The second-order valence-electron chi connectivity index (χ2n) is 6.53. The highest BCUT2D eigenvalue weighted by atomic mass is 16.2. The van der Waals surface area contributed by atoms with Crippen LogP contribution in [0.2, 0.25) is 0 Å². The number of rotatable bonds is 2. The van der Waals surface area contributed by atoms with Gasteiger partial charge in [0.1, 0.15) is 6.04 Å². The van der Waals surface area contributed by atoms with E-state index in [0.29, 0.717) is 17.8 Å². The average molecular weight is 320 g/mol. The first-order valence-corrected chi connectivity index (χ1v) is 8.46. The molecule has 0 aromatic heterocycles. The Morgan fingerprint density at radius 2 is 1.75 bits per heavy atom. The van der Waals surface area contributed by atoms with Crippen LogP contribution in [0.15, 0.2) is 54.6 Å². The van der Waals surface area contributed by atoms with E-state index in [0.717, 1.165) is 6.42 Å². The zero-order valence-corrected chi connectivity index (χ0v) is 13.6. The predicted molar refractivity (Wildman–Crippen MR) is 92.9 cm³/mol. The van der Waals surface area contributed by atoms with E-state index in [1.807, 2.05) is 30.3 Å². The van der Waals surface area contributed by atoms with Crippen molar-refractivity contribution in [2.75, 3.05) is 11.9 Å². The number of carbonyl (C=O) groups excluding carboxylic acids is 2. The van der Waals surface area contributed by atoms with Gasteiger partial charge in [0.25, 0.3) is 5.91 Å². The Labute approximate surface area is 141 Å². The monoisotopic (exact) mass is 320 g/mol. The molecule has 0 radical (unpaired) electrons. The maximum absolute atomic E-state index is 13.0. The molecule has 0 spiro atoms. The lowest BCUT2D eigenvalue weighted by atomic mass is 9.83. The third-order valence-corrected chi connectivity index (χ3v) is 5.30. The van der Waals surface area contributed by atoms with E-state index in [4.69, 9.17) is 0 Å². The lowest BCUT2D eigenvalue weighted by Crippen LogP contribution is -2.43. The molecule has 4 rings (SSSR count). The van der Waals surface area contributed by atoms with Crippen LogP contribution < -0.4 is 5.32 Å². The van der Waals surface area contributed by atoms with E-state index in [2.05, 4.69) is 24.4 Å². The SMILES string of the molecule is CC[C@H]1[C@H]2C(=O)Nc3ccccc3C(=O)N2C[C@H]1c1ccccc1. The highest BCUT2D eigenvalue weighted by Crippen LogP contribution is 2.42. The largest absolute Gasteiger partial charge is 0.326 e. The van der Waals surface area contributed by atoms with Crippen LogP contribution in [0.4, 0.5) is 5.69 Å². The molecule has 0 saturated carbocycles. The Morgan fingerprint density at radius 3 is 2.50 bits per heavy atom. The third kappa shape index (κ3) is 2.21. The predicted octanol–water partition coefficient (Wildman–Crippen LogP) is 3.27. The molecule has 1 saturated heterocycles. The van der Waals surface area contributed by atoms with E-state index < -0.39 is 6.04 Å². The van der Waals surface area contributed by atoms with Gasteiger partial charge < -0.3 is 10.2 Å². The van der Waals surface area contributed by atoms with Gasteiger partial charge >= 0.3 is 0 Å². The maximum atomic E-state index is 13.0. The summed E-state index contributed by atoms with van der Waals surface area (Å²) in [6.07, 6.45) is 0.859. The fourth-order valence-electron chi connectivity index (χ4n) is 4.16. The topological polar surface area (TPSA) is 49.4 Å². The molecule has 122 valence electrons. The van der Waals surface area contributed by atoms with Gasteiger partial charge in [-0.3, -0.25) is 9.59 Å². The summed E-state index contributed by atoms with van der Waals surface area (Å²) in [5, 5.41) is 2.96. The van der Waals surface area contributed by atoms with Gasteiger partial charge in [-0.05, 0) is 23.6 Å². The van der Waals surface area contributed by atoms with Crippen molar-refractivity contribution in [1.29, 1.82) is 0 Å². The van der Waals surface area contributed by atoms with Crippen molar-refractivity contribution in [2.24, 2.45) is 5.92 Å². The van der Waals surface area contributed by atoms with E-state index >= 15 is 0 Å². The lowest BCUT2D eigenvalue weighted by molar-refractivity contribution is -0.120. The molecule has 4 heteroatoms. The molecular weight excluding hydrogens is 300 g/mol. The molecule has 0 unspecified atom stereocenters. The number of benzene rings is 2. The lowest BCUT2D eigenvalue weighted by Gasteiger charge is -2.24. The molecule has 0 bridgehead atoms. The zero-order chi connectivity index (χ0) is 16.7. The molecule has 2 aromatic rings. The van der Waals surface area contributed by atoms with Crippen molar-refractivity contribution in [1.82, 2.24) is 4.90 Å². The highest BCUT2D eigenvalue weighted by molar-refractivity contribution is 6.10. The van der Waals surface area contributed by atoms with Crippen molar-refractivity contribution in [2.45, 2.75) is 25.3 Å². The quantitative estimate of drug-likeness (QED) is 0.923. The first-order valence-electron chi connectivity index (χ1n) is 8.46. The first kappa shape index (κ1) is 14.9. The highest BCUT2D eigenvalue weighted by Gasteiger charge is 2.49. The van der Waals surface area contributed by atoms with E-state index in [1.54, 1.807) is 17.0 Å². The van der Waals surface area contributed by atoms with Crippen LogP contribution in [-0.2, 0) is 4.79 Å². The Bertz CT molecular complexity index is 787. The van der Waals surface area contributed by atoms with Gasteiger partial charge in [0.05, 0.1) is 11.3 Å². The summed E-state index contributed by atoms with van der Waals surface area (Å²) in [5.41, 5.74) is 2.40. The molecule has 2 aromatic carbocycles. The second-order valence-corrected chi connectivity index (χ2v) is 6.53. The molecule has 1 N–H and O–H groups in total. The number of para-hydroxylation sites is 1. The minimum atomic E-state index is -0.403. The molecular formula is C20H20N2O2. The van der Waals surface area contributed by atoms with Gasteiger partial charge in [0.15, 0.2) is 0 Å². The molecule has 2 amide bonds. The van der Waals surface area contributed by atoms with Crippen LogP contribution in [0.1, 0.15) is 35.2 Å². The summed E-state index contributed by atoms with van der Waals surface area (Å²) < 4.78 is 0. The normalized spacial score (nSPS) is 25.7. The van der Waals surface area contributed by atoms with Crippen LogP contribution in [0.25, 0.3) is 0 Å². The number of nitrogens with zero attached hydrogens (tertiary/aromatic N) is 1. The summed E-state index contributed by atoms with van der Waals surface area (Å²) in [5.74, 6) is 0.205. The van der Waals surface area contributed by atoms with E-state index in [-0.39, 0.29) is 23.7 Å². The second kappa shape index (κ2) is 5.78. The smallest absolute Gasteiger partial charge is 0.256 e. The fourth-order valence-corrected chi connectivity index (χ4v) is 4.16. The molecule has 4 nitrogen and oxygen atoms in total. The first-order chi connectivity index (χ1) is 11.7. The van der Waals surface area contributed by atoms with Crippen molar-refractivity contribution < 1.29 is 9.59 Å². The average Bonchev–Trinajstić information content (AvgIpc) is 2.97. The Morgan fingerprint density at radius 1 is 1.04 bits per heavy atom. The van der Waals surface area contributed by atoms with Crippen LogP contribution in [0.5, 0.6) is 0 Å². The van der Waals surface area contributed by atoms with Crippen molar-refractivity contribution in [3.8, 4) is 0 Å². The van der Waals surface area contributed by atoms with Crippen LogP contribution in [-0.4, -0.2) is 29.3 Å². The fraction of sp³-hybridized carbons (Fsp3) is 0.300. The number of fused-ring (bicyclic) bond motifs is 2. The van der Waals surface area contributed by atoms with Gasteiger partial charge in [-0.15, -0.1) is 0 Å². The standard InChI is InChI=1S/C20H20N2O2/c1-2-14-16(13-8-4-3-5-9-13)12-22-18(14)19(23)21-17-11-7-6-10-15(17)20(22)24/h3-11,14,16,18H,2,12H2,1H3,(H,21,23)/t14-,16+,18+/m1/s1. The number of hydrogen-bond acceptors (Lipinski definition) is 2. The molecule has 1 fully saturated rings. The van der Waals surface area contributed by atoms with Crippen LogP contribution in [0.3, 0.4) is 0 Å². The van der Waals surface area contributed by atoms with Gasteiger partial charge in [-0.25, -0.2) is 0 Å². The number of anilines is 1. The summed E-state index contributed by atoms with van der Waals surface area (Å²) in [7, 11) is 0. The van der Waals surface area contributed by atoms with Gasteiger partial charge in [-0.1, -0.05) is 55.8 Å². The number of amides is 2. The Balaban J connectivity index is 1.77.